The van der Waals surface area contributed by atoms with Crippen molar-refractivity contribution in [3.63, 3.8) is 0 Å². The number of fused-ring (bicyclic) bond motifs is 2. The molecular weight excluding hydrogens is 754 g/mol. The van der Waals surface area contributed by atoms with Gasteiger partial charge in [0.05, 0.1) is 28.7 Å². The SMILES string of the molecule is COc1cc(C=Nn2c(-c3cc4cc(Br)ccc4o3)nc3ccccc3c2=O)c(Br)c(Br)c1OCc1ccccc1Cl. The van der Waals surface area contributed by atoms with Gasteiger partial charge in [-0.05, 0) is 80.4 Å². The molecule has 0 amide bonds. The van der Waals surface area contributed by atoms with Crippen LogP contribution < -0.4 is 15.0 Å². The lowest BCUT2D eigenvalue weighted by Gasteiger charge is -2.16. The van der Waals surface area contributed by atoms with Crippen molar-refractivity contribution < 1.29 is 13.9 Å². The Morgan fingerprint density at radius 2 is 1.79 bits per heavy atom. The van der Waals surface area contributed by atoms with E-state index in [9.17, 15) is 4.79 Å². The van der Waals surface area contributed by atoms with Crippen LogP contribution >= 0.6 is 59.4 Å². The summed E-state index contributed by atoms with van der Waals surface area (Å²) >= 11 is 17.0. The summed E-state index contributed by atoms with van der Waals surface area (Å²) in [5, 5.41) is 6.49. The zero-order valence-corrected chi connectivity index (χ0v) is 27.3. The number of nitrogens with zero attached hydrogens (tertiary/aromatic N) is 3. The highest BCUT2D eigenvalue weighted by Crippen LogP contribution is 2.43. The van der Waals surface area contributed by atoms with Crippen LogP contribution in [0.2, 0.25) is 5.02 Å². The van der Waals surface area contributed by atoms with Gasteiger partial charge in [-0.25, -0.2) is 4.98 Å². The van der Waals surface area contributed by atoms with Crippen LogP contribution in [-0.4, -0.2) is 23.0 Å². The molecule has 7 nitrogen and oxygen atoms in total. The fourth-order valence-corrected chi connectivity index (χ4v) is 5.89. The number of para-hydroxylation sites is 1. The Morgan fingerprint density at radius 3 is 2.60 bits per heavy atom. The van der Waals surface area contributed by atoms with E-state index >= 15 is 0 Å². The van der Waals surface area contributed by atoms with Crippen LogP contribution in [0.5, 0.6) is 11.5 Å². The molecule has 0 bridgehead atoms. The van der Waals surface area contributed by atoms with Crippen LogP contribution in [0.15, 0.2) is 107 Å². The molecule has 6 aromatic rings. The van der Waals surface area contributed by atoms with Crippen molar-refractivity contribution in [2.24, 2.45) is 5.10 Å². The molecule has 2 aromatic heterocycles. The van der Waals surface area contributed by atoms with Crippen LogP contribution in [-0.2, 0) is 6.61 Å². The van der Waals surface area contributed by atoms with Crippen molar-refractivity contribution in [1.29, 1.82) is 0 Å². The minimum Gasteiger partial charge on any atom is -0.493 e. The van der Waals surface area contributed by atoms with E-state index in [2.05, 4.69) is 52.9 Å². The van der Waals surface area contributed by atoms with Gasteiger partial charge in [-0.1, -0.05) is 57.9 Å². The summed E-state index contributed by atoms with van der Waals surface area (Å²) in [5.74, 6) is 1.62. The first-order chi connectivity index (χ1) is 20.3. The Hall–Kier alpha value is -3.44. The van der Waals surface area contributed by atoms with E-state index in [1.54, 1.807) is 37.6 Å². The first kappa shape index (κ1) is 28.7. The van der Waals surface area contributed by atoms with Crippen molar-refractivity contribution in [3.8, 4) is 23.1 Å². The highest BCUT2D eigenvalue weighted by molar-refractivity contribution is 9.13. The first-order valence-corrected chi connectivity index (χ1v) is 15.3. The second kappa shape index (κ2) is 12.0. The van der Waals surface area contributed by atoms with Gasteiger partial charge in [0.1, 0.15) is 12.2 Å². The second-order valence-corrected chi connectivity index (χ2v) is 12.0. The topological polar surface area (TPSA) is 78.9 Å². The Kier molecular flexibility index (Phi) is 8.22. The molecule has 0 unspecified atom stereocenters. The number of aromatic nitrogens is 2. The van der Waals surface area contributed by atoms with Gasteiger partial charge in [-0.2, -0.15) is 9.78 Å². The summed E-state index contributed by atoms with van der Waals surface area (Å²) in [6.45, 7) is 0.240. The first-order valence-electron chi connectivity index (χ1n) is 12.5. The van der Waals surface area contributed by atoms with Gasteiger partial charge in [-0.3, -0.25) is 4.79 Å². The van der Waals surface area contributed by atoms with Crippen LogP contribution in [0, 0.1) is 0 Å². The average molecular weight is 773 g/mol. The van der Waals surface area contributed by atoms with Crippen molar-refractivity contribution in [2.75, 3.05) is 7.11 Å². The lowest BCUT2D eigenvalue weighted by Crippen LogP contribution is -2.20. The summed E-state index contributed by atoms with van der Waals surface area (Å²) in [6, 6.07) is 23.9. The van der Waals surface area contributed by atoms with Crippen LogP contribution in [0.3, 0.4) is 0 Å². The van der Waals surface area contributed by atoms with E-state index in [0.29, 0.717) is 53.3 Å². The monoisotopic (exact) mass is 769 g/mol. The molecule has 2 heterocycles. The van der Waals surface area contributed by atoms with Gasteiger partial charge >= 0.3 is 0 Å². The smallest absolute Gasteiger partial charge is 0.282 e. The van der Waals surface area contributed by atoms with Gasteiger partial charge in [0.25, 0.3) is 5.56 Å². The molecule has 0 aliphatic rings. The molecule has 210 valence electrons. The second-order valence-electron chi connectivity index (χ2n) is 9.11. The minimum absolute atomic E-state index is 0.240. The van der Waals surface area contributed by atoms with Gasteiger partial charge in [-0.15, -0.1) is 0 Å². The summed E-state index contributed by atoms with van der Waals surface area (Å²) in [4.78, 5) is 18.4. The maximum Gasteiger partial charge on any atom is 0.282 e. The van der Waals surface area contributed by atoms with E-state index < -0.39 is 0 Å². The van der Waals surface area contributed by atoms with Crippen molar-refractivity contribution >= 4 is 87.5 Å². The van der Waals surface area contributed by atoms with E-state index in [1.807, 2.05) is 54.6 Å². The van der Waals surface area contributed by atoms with Crippen molar-refractivity contribution in [3.05, 3.63) is 119 Å². The fraction of sp³-hybridized carbons (Fsp3) is 0.0645. The highest BCUT2D eigenvalue weighted by Gasteiger charge is 2.19. The summed E-state index contributed by atoms with van der Waals surface area (Å²) in [5.41, 5.74) is 2.33. The van der Waals surface area contributed by atoms with Crippen LogP contribution in [0.4, 0.5) is 0 Å². The molecule has 4 aromatic carbocycles. The van der Waals surface area contributed by atoms with Crippen LogP contribution in [0.1, 0.15) is 11.1 Å². The molecule has 0 aliphatic carbocycles. The molecule has 0 N–H and O–H groups in total. The Morgan fingerprint density at radius 1 is 1.00 bits per heavy atom. The quantitative estimate of drug-likeness (QED) is 0.151. The summed E-state index contributed by atoms with van der Waals surface area (Å²) < 4.78 is 21.2. The third-order valence-corrected chi connectivity index (χ3v) is 9.48. The van der Waals surface area contributed by atoms with Gasteiger partial charge in [0.2, 0.25) is 5.82 Å². The molecule has 42 heavy (non-hydrogen) atoms. The number of benzene rings is 4. The number of hydrogen-bond acceptors (Lipinski definition) is 6. The zero-order valence-electron chi connectivity index (χ0n) is 21.8. The molecule has 6 rings (SSSR count). The highest BCUT2D eigenvalue weighted by atomic mass is 79.9. The molecular formula is C31H19Br3ClN3O4. The molecule has 11 heteroatoms. The molecule has 0 spiro atoms. The predicted octanol–water partition coefficient (Wildman–Crippen LogP) is 9.22. The van der Waals surface area contributed by atoms with E-state index in [4.69, 9.17) is 30.5 Å². The Balaban J connectivity index is 1.43. The van der Waals surface area contributed by atoms with Crippen LogP contribution in [0.25, 0.3) is 33.5 Å². The maximum absolute atomic E-state index is 13.7. The molecule has 0 atom stereocenters. The summed E-state index contributed by atoms with van der Waals surface area (Å²) in [6.07, 6.45) is 1.55. The van der Waals surface area contributed by atoms with Gasteiger partial charge in [0, 0.05) is 30.5 Å². The molecule has 0 radical (unpaired) electrons. The van der Waals surface area contributed by atoms with Gasteiger partial charge < -0.3 is 13.9 Å². The lowest BCUT2D eigenvalue weighted by molar-refractivity contribution is 0.282. The third-order valence-electron chi connectivity index (χ3n) is 6.47. The molecule has 0 fully saturated rings. The van der Waals surface area contributed by atoms with Crippen molar-refractivity contribution in [1.82, 2.24) is 9.66 Å². The minimum atomic E-state index is -0.338. The number of furan rings is 1. The molecule has 0 saturated heterocycles. The largest absolute Gasteiger partial charge is 0.493 e. The number of methoxy groups -OCH3 is 1. The zero-order chi connectivity index (χ0) is 29.4. The van der Waals surface area contributed by atoms with E-state index in [1.165, 1.54) is 4.68 Å². The predicted molar refractivity (Wildman–Crippen MR) is 176 cm³/mol. The lowest BCUT2D eigenvalue weighted by atomic mass is 10.2. The van der Waals surface area contributed by atoms with E-state index in [-0.39, 0.29) is 18.0 Å². The third kappa shape index (κ3) is 5.51. The summed E-state index contributed by atoms with van der Waals surface area (Å²) in [7, 11) is 1.55. The standard InChI is InChI=1S/C31H19Br3ClN3O4/c1-40-25-14-19(27(33)28(34)29(25)41-16-17-6-2-4-8-22(17)35)15-36-38-30(37-23-9-5-3-7-21(23)31(38)39)26-13-18-12-20(32)10-11-24(18)42-26/h2-15H,16H2,1H3. The van der Waals surface area contributed by atoms with Gasteiger partial charge in [0.15, 0.2) is 17.3 Å². The molecule has 0 saturated carbocycles. The maximum atomic E-state index is 13.7. The average Bonchev–Trinajstić information content (AvgIpc) is 3.42. The normalized spacial score (nSPS) is 11.5. The van der Waals surface area contributed by atoms with E-state index in [0.717, 1.165) is 15.4 Å². The number of ether oxygens (including phenoxy) is 2. The number of hydrogen-bond donors (Lipinski definition) is 0. The van der Waals surface area contributed by atoms with Crippen molar-refractivity contribution in [2.45, 2.75) is 6.61 Å². The Bertz CT molecular complexity index is 2070. The number of rotatable bonds is 7. The number of halogens is 4. The fourth-order valence-electron chi connectivity index (χ4n) is 4.38. The molecule has 0 aliphatic heterocycles. The Labute approximate surface area is 270 Å².